The quantitative estimate of drug-likeness (QED) is 0.898. The molecule has 0 radical (unpaired) electrons. The molecule has 0 bridgehead atoms. The number of methoxy groups -OCH3 is 2. The van der Waals surface area contributed by atoms with Gasteiger partial charge in [-0.1, -0.05) is 0 Å². The fraction of sp³-hybridized carbons (Fsp3) is 0.286. The molecule has 5 nitrogen and oxygen atoms in total. The van der Waals surface area contributed by atoms with Crippen LogP contribution in [-0.4, -0.2) is 32.3 Å². The van der Waals surface area contributed by atoms with E-state index in [2.05, 4.69) is 5.32 Å². The van der Waals surface area contributed by atoms with Gasteiger partial charge in [0.2, 0.25) is 23.1 Å². The van der Waals surface area contributed by atoms with Gasteiger partial charge in [0.25, 0.3) is 0 Å². The molecule has 1 aromatic carbocycles. The summed E-state index contributed by atoms with van der Waals surface area (Å²) in [5.74, 6) is -0.768. The molecule has 5 heteroatoms. The van der Waals surface area contributed by atoms with Gasteiger partial charge in [0.05, 0.1) is 14.2 Å². The molecule has 0 aliphatic heterocycles. The summed E-state index contributed by atoms with van der Waals surface area (Å²) in [7, 11) is 2.69. The molecular weight excluding hydrogens is 246 g/mol. The van der Waals surface area contributed by atoms with Crippen LogP contribution in [0, 0.1) is 0 Å². The van der Waals surface area contributed by atoms with E-state index in [0.29, 0.717) is 11.1 Å². The van der Waals surface area contributed by atoms with Crippen LogP contribution in [0.5, 0.6) is 0 Å². The van der Waals surface area contributed by atoms with E-state index >= 15 is 0 Å². The smallest absolute Gasteiger partial charge is 0.232 e. The summed E-state index contributed by atoms with van der Waals surface area (Å²) < 4.78 is 9.98. The Balaban J connectivity index is 2.56. The molecule has 0 spiro atoms. The number of Topliss-reactive ketones (excluding diaryl/α,β-unsaturated/α-hetero) is 2. The van der Waals surface area contributed by atoms with Gasteiger partial charge in [0, 0.05) is 23.4 Å². The molecule has 1 aliphatic rings. The van der Waals surface area contributed by atoms with Crippen molar-refractivity contribution >= 4 is 17.3 Å². The third-order valence-corrected chi connectivity index (χ3v) is 2.92. The van der Waals surface area contributed by atoms with Crippen molar-refractivity contribution in [3.05, 3.63) is 40.8 Å². The van der Waals surface area contributed by atoms with Gasteiger partial charge in [-0.15, -0.1) is 0 Å². The molecule has 1 aromatic rings. The molecule has 19 heavy (non-hydrogen) atoms. The molecule has 0 unspecified atom stereocenters. The second kappa shape index (κ2) is 5.14. The van der Waals surface area contributed by atoms with Gasteiger partial charge in [-0.05, 0) is 25.1 Å². The lowest BCUT2D eigenvalue weighted by molar-refractivity contribution is 0.0829. The SMILES string of the molecule is CCNc1ccc2c(c1)C(=O)C(OC)=C(OC)C2=O. The predicted molar refractivity (Wildman–Crippen MR) is 70.3 cm³/mol. The van der Waals surface area contributed by atoms with E-state index in [1.807, 2.05) is 6.92 Å². The number of rotatable bonds is 4. The molecule has 100 valence electrons. The third-order valence-electron chi connectivity index (χ3n) is 2.92. The van der Waals surface area contributed by atoms with Gasteiger partial charge in [-0.25, -0.2) is 0 Å². The van der Waals surface area contributed by atoms with Crippen LogP contribution in [0.2, 0.25) is 0 Å². The van der Waals surface area contributed by atoms with Gasteiger partial charge >= 0.3 is 0 Å². The van der Waals surface area contributed by atoms with E-state index in [9.17, 15) is 9.59 Å². The number of hydrogen-bond donors (Lipinski definition) is 1. The number of ether oxygens (including phenoxy) is 2. The molecule has 1 aliphatic carbocycles. The number of nitrogens with one attached hydrogen (secondary N) is 1. The number of allylic oxidation sites excluding steroid dienone is 2. The summed E-state index contributed by atoms with van der Waals surface area (Å²) in [4.78, 5) is 24.5. The molecule has 1 N–H and O–H groups in total. The zero-order chi connectivity index (χ0) is 14.0. The standard InChI is InChI=1S/C14H15NO4/c1-4-15-8-5-6-9-10(7-8)12(17)14(19-3)13(18-2)11(9)16/h5-7,15H,4H2,1-3H3. The minimum Gasteiger partial charge on any atom is -0.489 e. The van der Waals surface area contributed by atoms with Crippen LogP contribution in [0.1, 0.15) is 27.6 Å². The first-order valence-corrected chi connectivity index (χ1v) is 5.93. The van der Waals surface area contributed by atoms with Crippen molar-refractivity contribution in [2.45, 2.75) is 6.92 Å². The highest BCUT2D eigenvalue weighted by Crippen LogP contribution is 2.29. The summed E-state index contributed by atoms with van der Waals surface area (Å²) >= 11 is 0. The average molecular weight is 261 g/mol. The minimum atomic E-state index is -0.339. The topological polar surface area (TPSA) is 64.6 Å². The molecule has 2 rings (SSSR count). The Bertz CT molecular complexity index is 575. The van der Waals surface area contributed by atoms with Gasteiger partial charge in [0.1, 0.15) is 0 Å². The summed E-state index contributed by atoms with van der Waals surface area (Å²) in [6.07, 6.45) is 0. The van der Waals surface area contributed by atoms with Crippen LogP contribution in [0.25, 0.3) is 0 Å². The first-order valence-electron chi connectivity index (χ1n) is 5.93. The highest BCUT2D eigenvalue weighted by atomic mass is 16.5. The number of carbonyl (C=O) groups is 2. The molecule has 0 saturated carbocycles. The monoisotopic (exact) mass is 261 g/mol. The number of carbonyl (C=O) groups excluding carboxylic acids is 2. The summed E-state index contributed by atoms with van der Waals surface area (Å²) in [6.45, 7) is 2.69. The van der Waals surface area contributed by atoms with Crippen LogP contribution in [0.15, 0.2) is 29.7 Å². The van der Waals surface area contributed by atoms with E-state index in [4.69, 9.17) is 9.47 Å². The Morgan fingerprint density at radius 1 is 1.00 bits per heavy atom. The summed E-state index contributed by atoms with van der Waals surface area (Å²) in [5.41, 5.74) is 1.46. The zero-order valence-corrected chi connectivity index (χ0v) is 11.1. The zero-order valence-electron chi connectivity index (χ0n) is 11.1. The van der Waals surface area contributed by atoms with Crippen LogP contribution in [0.4, 0.5) is 5.69 Å². The number of fused-ring (bicyclic) bond motifs is 1. The molecule has 0 atom stereocenters. The first kappa shape index (κ1) is 13.1. The largest absolute Gasteiger partial charge is 0.489 e. The molecular formula is C14H15NO4. The number of benzene rings is 1. The first-order chi connectivity index (χ1) is 9.13. The predicted octanol–water partition coefficient (Wildman–Crippen LogP) is 2.00. The average Bonchev–Trinajstić information content (AvgIpc) is 2.42. The van der Waals surface area contributed by atoms with Crippen molar-refractivity contribution in [1.29, 1.82) is 0 Å². The fourth-order valence-corrected chi connectivity index (χ4v) is 2.07. The highest BCUT2D eigenvalue weighted by molar-refractivity contribution is 6.25. The molecule has 0 saturated heterocycles. The van der Waals surface area contributed by atoms with E-state index in [-0.39, 0.29) is 23.1 Å². The van der Waals surface area contributed by atoms with Crippen LogP contribution < -0.4 is 5.32 Å². The molecule has 0 amide bonds. The van der Waals surface area contributed by atoms with Gasteiger partial charge < -0.3 is 14.8 Å². The van der Waals surface area contributed by atoms with Crippen molar-refractivity contribution in [2.75, 3.05) is 26.1 Å². The Kier molecular flexibility index (Phi) is 3.55. The summed E-state index contributed by atoms with van der Waals surface area (Å²) in [6, 6.07) is 5.04. The third kappa shape index (κ3) is 2.07. The Labute approximate surface area is 111 Å². The molecule has 0 fully saturated rings. The van der Waals surface area contributed by atoms with E-state index in [0.717, 1.165) is 12.2 Å². The maximum Gasteiger partial charge on any atom is 0.232 e. The van der Waals surface area contributed by atoms with Gasteiger partial charge in [-0.3, -0.25) is 9.59 Å². The van der Waals surface area contributed by atoms with Crippen molar-refractivity contribution in [2.24, 2.45) is 0 Å². The van der Waals surface area contributed by atoms with E-state index in [1.54, 1.807) is 18.2 Å². The summed E-state index contributed by atoms with van der Waals surface area (Å²) in [5, 5.41) is 3.10. The van der Waals surface area contributed by atoms with Crippen molar-refractivity contribution < 1.29 is 19.1 Å². The Morgan fingerprint density at radius 3 is 2.11 bits per heavy atom. The lowest BCUT2D eigenvalue weighted by Gasteiger charge is -2.19. The fourth-order valence-electron chi connectivity index (χ4n) is 2.07. The Morgan fingerprint density at radius 2 is 1.58 bits per heavy atom. The second-order valence-electron chi connectivity index (χ2n) is 4.02. The van der Waals surface area contributed by atoms with E-state index < -0.39 is 0 Å². The lowest BCUT2D eigenvalue weighted by atomic mass is 9.91. The van der Waals surface area contributed by atoms with Crippen LogP contribution >= 0.6 is 0 Å². The van der Waals surface area contributed by atoms with Crippen molar-refractivity contribution in [3.8, 4) is 0 Å². The lowest BCUT2D eigenvalue weighted by Crippen LogP contribution is -2.24. The van der Waals surface area contributed by atoms with Crippen molar-refractivity contribution in [3.63, 3.8) is 0 Å². The minimum absolute atomic E-state index is 0.0452. The number of hydrogen-bond acceptors (Lipinski definition) is 5. The van der Waals surface area contributed by atoms with Gasteiger partial charge in [-0.2, -0.15) is 0 Å². The van der Waals surface area contributed by atoms with Crippen LogP contribution in [0.3, 0.4) is 0 Å². The number of anilines is 1. The highest BCUT2D eigenvalue weighted by Gasteiger charge is 2.34. The maximum absolute atomic E-state index is 12.3. The van der Waals surface area contributed by atoms with Crippen LogP contribution in [-0.2, 0) is 9.47 Å². The van der Waals surface area contributed by atoms with Crippen molar-refractivity contribution in [1.82, 2.24) is 0 Å². The Hall–Kier alpha value is -2.30. The molecule has 0 heterocycles. The normalized spacial score (nSPS) is 14.3. The number of ketones is 2. The van der Waals surface area contributed by atoms with E-state index in [1.165, 1.54) is 14.2 Å². The van der Waals surface area contributed by atoms with Gasteiger partial charge in [0.15, 0.2) is 0 Å². The second-order valence-corrected chi connectivity index (χ2v) is 4.02. The maximum atomic E-state index is 12.3. The molecule has 0 aromatic heterocycles.